The Bertz CT molecular complexity index is 233. The minimum Gasteiger partial charge on any atom is -0.373 e. The van der Waals surface area contributed by atoms with Gasteiger partial charge in [-0.1, -0.05) is 6.92 Å². The maximum absolute atomic E-state index is 11.1. The summed E-state index contributed by atoms with van der Waals surface area (Å²) in [6.45, 7) is 2.65. The monoisotopic (exact) mass is 169 g/mol. The van der Waals surface area contributed by atoms with Crippen molar-refractivity contribution in [3.8, 4) is 0 Å². The smallest absolute Gasteiger partial charge is 0.225 e. The molecule has 0 aromatic carbocycles. The van der Waals surface area contributed by atoms with E-state index in [1.807, 2.05) is 6.92 Å². The van der Waals surface area contributed by atoms with Crippen molar-refractivity contribution in [2.24, 2.45) is 0 Å². The standard InChI is InChI=1S/C7H11N3O2/c1-2-3-12-4-6(11)7-8-5-9-10-7/h5H,2-4H2,1H3,(H,8,9,10). The summed E-state index contributed by atoms with van der Waals surface area (Å²) < 4.78 is 5.03. The van der Waals surface area contributed by atoms with Gasteiger partial charge in [-0.05, 0) is 6.42 Å². The Hall–Kier alpha value is -1.23. The lowest BCUT2D eigenvalue weighted by Gasteiger charge is -1.97. The van der Waals surface area contributed by atoms with Gasteiger partial charge in [-0.15, -0.1) is 0 Å². The van der Waals surface area contributed by atoms with Gasteiger partial charge in [0.15, 0.2) is 5.82 Å². The number of aromatic amines is 1. The summed E-state index contributed by atoms with van der Waals surface area (Å²) in [6.07, 6.45) is 2.21. The van der Waals surface area contributed by atoms with Gasteiger partial charge in [-0.2, -0.15) is 5.10 Å². The van der Waals surface area contributed by atoms with Crippen molar-refractivity contribution in [1.82, 2.24) is 15.2 Å². The van der Waals surface area contributed by atoms with Crippen LogP contribution in [0.1, 0.15) is 24.0 Å². The second kappa shape index (κ2) is 4.61. The highest BCUT2D eigenvalue weighted by atomic mass is 16.5. The number of rotatable bonds is 5. The molecule has 1 aromatic heterocycles. The fourth-order valence-corrected chi connectivity index (χ4v) is 0.717. The van der Waals surface area contributed by atoms with Crippen LogP contribution >= 0.6 is 0 Å². The second-order valence-corrected chi connectivity index (χ2v) is 2.31. The predicted molar refractivity (Wildman–Crippen MR) is 41.8 cm³/mol. The molecule has 1 aromatic rings. The van der Waals surface area contributed by atoms with Crippen molar-refractivity contribution in [2.45, 2.75) is 13.3 Å². The largest absolute Gasteiger partial charge is 0.373 e. The van der Waals surface area contributed by atoms with Crippen LogP contribution < -0.4 is 0 Å². The summed E-state index contributed by atoms with van der Waals surface area (Å²) in [6, 6.07) is 0. The third-order valence-corrected chi connectivity index (χ3v) is 1.26. The predicted octanol–water partition coefficient (Wildman–Crippen LogP) is 0.414. The topological polar surface area (TPSA) is 67.9 Å². The van der Waals surface area contributed by atoms with Crippen molar-refractivity contribution >= 4 is 5.78 Å². The van der Waals surface area contributed by atoms with E-state index in [1.54, 1.807) is 0 Å². The zero-order valence-corrected chi connectivity index (χ0v) is 6.91. The maximum Gasteiger partial charge on any atom is 0.225 e. The van der Waals surface area contributed by atoms with Crippen molar-refractivity contribution in [3.63, 3.8) is 0 Å². The number of hydrogen-bond acceptors (Lipinski definition) is 4. The molecule has 0 saturated heterocycles. The van der Waals surface area contributed by atoms with E-state index < -0.39 is 0 Å². The van der Waals surface area contributed by atoms with Crippen molar-refractivity contribution in [3.05, 3.63) is 12.2 Å². The Balaban J connectivity index is 2.30. The Morgan fingerprint density at radius 1 is 1.75 bits per heavy atom. The molecule has 0 atom stereocenters. The second-order valence-electron chi connectivity index (χ2n) is 2.31. The quantitative estimate of drug-likeness (QED) is 0.512. The molecule has 0 bridgehead atoms. The molecule has 0 saturated carbocycles. The molecule has 12 heavy (non-hydrogen) atoms. The molecule has 0 unspecified atom stereocenters. The maximum atomic E-state index is 11.1. The van der Waals surface area contributed by atoms with Gasteiger partial charge in [-0.25, -0.2) is 4.98 Å². The summed E-state index contributed by atoms with van der Waals surface area (Å²) in [5.74, 6) is 0.0899. The number of ketones is 1. The van der Waals surface area contributed by atoms with Crippen molar-refractivity contribution in [1.29, 1.82) is 0 Å². The van der Waals surface area contributed by atoms with Gasteiger partial charge in [0.05, 0.1) is 0 Å². The lowest BCUT2D eigenvalue weighted by molar-refractivity contribution is 0.0751. The number of carbonyl (C=O) groups excluding carboxylic acids is 1. The molecule has 0 amide bonds. The number of Topliss-reactive ketones (excluding diaryl/α,β-unsaturated/α-hetero) is 1. The summed E-state index contributed by atoms with van der Waals surface area (Å²) in [7, 11) is 0. The molecule has 0 aliphatic heterocycles. The highest BCUT2D eigenvalue weighted by Crippen LogP contribution is 1.90. The Labute approximate surface area is 70.1 Å². The van der Waals surface area contributed by atoms with E-state index in [-0.39, 0.29) is 18.2 Å². The molecule has 1 heterocycles. The molecular weight excluding hydrogens is 158 g/mol. The van der Waals surface area contributed by atoms with E-state index in [4.69, 9.17) is 4.74 Å². The summed E-state index contributed by atoms with van der Waals surface area (Å²) in [5.41, 5.74) is 0. The van der Waals surface area contributed by atoms with Crippen LogP contribution in [0.3, 0.4) is 0 Å². The van der Waals surface area contributed by atoms with Gasteiger partial charge in [-0.3, -0.25) is 9.89 Å². The van der Waals surface area contributed by atoms with Crippen LogP contribution in [0.5, 0.6) is 0 Å². The lowest BCUT2D eigenvalue weighted by Crippen LogP contribution is -2.11. The van der Waals surface area contributed by atoms with Crippen molar-refractivity contribution < 1.29 is 9.53 Å². The van der Waals surface area contributed by atoms with Crippen LogP contribution in [0, 0.1) is 0 Å². The first-order chi connectivity index (χ1) is 5.84. The van der Waals surface area contributed by atoms with Crippen LogP contribution in [0.15, 0.2) is 6.33 Å². The van der Waals surface area contributed by atoms with Crippen LogP contribution in [-0.4, -0.2) is 34.2 Å². The summed E-state index contributed by atoms with van der Waals surface area (Å²) >= 11 is 0. The van der Waals surface area contributed by atoms with Gasteiger partial charge < -0.3 is 4.74 Å². The molecule has 0 spiro atoms. The number of carbonyl (C=O) groups is 1. The minimum absolute atomic E-state index is 0.0725. The number of H-pyrrole nitrogens is 1. The first-order valence-electron chi connectivity index (χ1n) is 3.81. The number of ether oxygens (including phenoxy) is 1. The molecule has 1 rings (SSSR count). The van der Waals surface area contributed by atoms with E-state index in [9.17, 15) is 4.79 Å². The van der Waals surface area contributed by atoms with Crippen molar-refractivity contribution in [2.75, 3.05) is 13.2 Å². The van der Waals surface area contributed by atoms with Crippen LogP contribution in [0.4, 0.5) is 0 Å². The molecule has 66 valence electrons. The Kier molecular flexibility index (Phi) is 3.40. The third kappa shape index (κ3) is 2.43. The van der Waals surface area contributed by atoms with Gasteiger partial charge in [0, 0.05) is 6.61 Å². The Morgan fingerprint density at radius 3 is 3.17 bits per heavy atom. The SMILES string of the molecule is CCCOCC(=O)c1ncn[nH]1. The molecule has 5 nitrogen and oxygen atoms in total. The first-order valence-corrected chi connectivity index (χ1v) is 3.81. The molecule has 0 aliphatic rings. The molecular formula is C7H11N3O2. The van der Waals surface area contributed by atoms with Crippen LogP contribution in [-0.2, 0) is 4.74 Å². The van der Waals surface area contributed by atoms with Gasteiger partial charge in [0.2, 0.25) is 5.78 Å². The van der Waals surface area contributed by atoms with Crippen LogP contribution in [0.2, 0.25) is 0 Å². The van der Waals surface area contributed by atoms with Crippen LogP contribution in [0.25, 0.3) is 0 Å². The zero-order chi connectivity index (χ0) is 8.81. The average Bonchev–Trinajstić information content (AvgIpc) is 2.56. The summed E-state index contributed by atoms with van der Waals surface area (Å²) in [4.78, 5) is 14.8. The van der Waals surface area contributed by atoms with E-state index >= 15 is 0 Å². The highest BCUT2D eigenvalue weighted by Gasteiger charge is 2.07. The molecule has 0 fully saturated rings. The highest BCUT2D eigenvalue weighted by molar-refractivity contribution is 5.93. The van der Waals surface area contributed by atoms with Gasteiger partial charge >= 0.3 is 0 Å². The number of aromatic nitrogens is 3. The van der Waals surface area contributed by atoms with Gasteiger partial charge in [0.25, 0.3) is 0 Å². The van der Waals surface area contributed by atoms with E-state index in [0.717, 1.165) is 6.42 Å². The Morgan fingerprint density at radius 2 is 2.58 bits per heavy atom. The minimum atomic E-state index is -0.166. The van der Waals surface area contributed by atoms with E-state index in [1.165, 1.54) is 6.33 Å². The fraction of sp³-hybridized carbons (Fsp3) is 0.571. The summed E-state index contributed by atoms with van der Waals surface area (Å²) in [5, 5.41) is 6.03. The number of nitrogens with one attached hydrogen (secondary N) is 1. The average molecular weight is 169 g/mol. The number of hydrogen-bond donors (Lipinski definition) is 1. The van der Waals surface area contributed by atoms with E-state index in [2.05, 4.69) is 15.2 Å². The first kappa shape index (κ1) is 8.86. The third-order valence-electron chi connectivity index (χ3n) is 1.26. The lowest BCUT2D eigenvalue weighted by atomic mass is 10.4. The normalized spacial score (nSPS) is 10.1. The zero-order valence-electron chi connectivity index (χ0n) is 6.91. The number of nitrogens with zero attached hydrogens (tertiary/aromatic N) is 2. The molecule has 5 heteroatoms. The molecule has 1 N–H and O–H groups in total. The van der Waals surface area contributed by atoms with E-state index in [0.29, 0.717) is 6.61 Å². The molecule has 0 radical (unpaired) electrons. The van der Waals surface area contributed by atoms with Gasteiger partial charge in [0.1, 0.15) is 12.9 Å². The fourth-order valence-electron chi connectivity index (χ4n) is 0.717. The molecule has 0 aliphatic carbocycles.